The van der Waals surface area contributed by atoms with E-state index >= 15 is 0 Å². The molecule has 1 aromatic heterocycles. The van der Waals surface area contributed by atoms with Crippen molar-refractivity contribution in [2.45, 2.75) is 44.7 Å². The highest BCUT2D eigenvalue weighted by molar-refractivity contribution is 6.16. The van der Waals surface area contributed by atoms with Crippen molar-refractivity contribution < 1.29 is 14.1 Å². The zero-order chi connectivity index (χ0) is 25.1. The molecule has 2 fully saturated rings. The fraction of sp³-hybridized carbons (Fsp3) is 0.478. The van der Waals surface area contributed by atoms with Crippen LogP contribution in [0.25, 0.3) is 0 Å². The fourth-order valence-corrected chi connectivity index (χ4v) is 4.89. The van der Waals surface area contributed by atoms with E-state index in [9.17, 15) is 19.3 Å². The first-order valence-corrected chi connectivity index (χ1v) is 11.6. The molecule has 1 saturated heterocycles. The lowest BCUT2D eigenvalue weighted by atomic mass is 9.89. The largest absolute Gasteiger partial charge is 0.383 e. The van der Waals surface area contributed by atoms with Gasteiger partial charge in [-0.25, -0.2) is 9.97 Å². The van der Waals surface area contributed by atoms with Crippen LogP contribution in [0, 0.1) is 21.3 Å². The van der Waals surface area contributed by atoms with Crippen molar-refractivity contribution in [3.05, 3.63) is 51.6 Å². The molecule has 4 N–H and O–H groups in total. The second kappa shape index (κ2) is 10.3. The van der Waals surface area contributed by atoms with Crippen molar-refractivity contribution >= 4 is 28.9 Å². The number of nitrogens with zero attached hydrogens (tertiary/aromatic N) is 5. The highest BCUT2D eigenvalue weighted by Crippen LogP contribution is 2.29. The minimum atomic E-state index is -0.971. The van der Waals surface area contributed by atoms with Gasteiger partial charge in [-0.3, -0.25) is 25.2 Å². The summed E-state index contributed by atoms with van der Waals surface area (Å²) in [6, 6.07) is 3.87. The lowest BCUT2D eigenvalue weighted by Crippen LogP contribution is -2.52. The maximum atomic E-state index is 13.8. The predicted octanol–water partition coefficient (Wildman–Crippen LogP) is 2.41. The lowest BCUT2D eigenvalue weighted by molar-refractivity contribution is -0.387. The first kappa shape index (κ1) is 24.5. The van der Waals surface area contributed by atoms with Gasteiger partial charge >= 0.3 is 5.69 Å². The van der Waals surface area contributed by atoms with Gasteiger partial charge in [0.05, 0.1) is 16.2 Å². The summed E-state index contributed by atoms with van der Waals surface area (Å²) in [5, 5.41) is 23.1. The van der Waals surface area contributed by atoms with Gasteiger partial charge in [-0.2, -0.15) is 4.39 Å². The van der Waals surface area contributed by atoms with E-state index in [1.54, 1.807) is 6.92 Å². The number of benzene rings is 1. The number of nitrogens with one attached hydrogen (secondary N) is 2. The summed E-state index contributed by atoms with van der Waals surface area (Å²) in [5.41, 5.74) is 5.62. The molecule has 12 heteroatoms. The Morgan fingerprint density at radius 1 is 1.20 bits per heavy atom. The Kier molecular flexibility index (Phi) is 7.20. The first-order chi connectivity index (χ1) is 16.7. The molecule has 186 valence electrons. The van der Waals surface area contributed by atoms with Crippen LogP contribution in [0.5, 0.6) is 0 Å². The molecule has 0 unspecified atom stereocenters. The predicted molar refractivity (Wildman–Crippen MR) is 129 cm³/mol. The van der Waals surface area contributed by atoms with Crippen LogP contribution in [0.1, 0.15) is 43.7 Å². The highest BCUT2D eigenvalue weighted by Gasteiger charge is 2.30. The minimum absolute atomic E-state index is 0.0662. The number of nitrogen functional groups attached to an aromatic ring is 1. The lowest BCUT2D eigenvalue weighted by Gasteiger charge is -2.42. The molecular formula is C23H29FN8O3. The highest BCUT2D eigenvalue weighted by atomic mass is 19.1. The number of nitrogens with two attached hydrogens (primary N) is 1. The van der Waals surface area contributed by atoms with Crippen LogP contribution in [-0.4, -0.2) is 74.6 Å². The molecule has 1 aromatic carbocycles. The molecule has 1 aliphatic heterocycles. The zero-order valence-corrected chi connectivity index (χ0v) is 19.5. The summed E-state index contributed by atoms with van der Waals surface area (Å²) in [5.74, 6) is -0.399. The molecule has 1 saturated carbocycles. The second-order valence-electron chi connectivity index (χ2n) is 8.97. The van der Waals surface area contributed by atoms with Crippen LogP contribution in [-0.2, 0) is 4.79 Å². The summed E-state index contributed by atoms with van der Waals surface area (Å²) in [6.07, 6.45) is 5.10. The van der Waals surface area contributed by atoms with E-state index in [0.717, 1.165) is 64.0 Å². The molecule has 1 aliphatic carbocycles. The summed E-state index contributed by atoms with van der Waals surface area (Å²) in [6.45, 7) is 4.91. The standard InChI is InChI=1S/C23H29FN8O3/c1-14(33)30-8-10-31(11-9-30)17-5-3-16(4-6-17)29-23-20(22(26)27-13-28-23)21(25)15-2-7-18(24)19(12-15)32(34)35/h2,7,12-13,16-17,25H,3-6,8-11H2,1H3,(H3,26,27,28,29). The number of hydrogen-bond donors (Lipinski definition) is 3. The van der Waals surface area contributed by atoms with Gasteiger partial charge in [0.1, 0.15) is 18.0 Å². The van der Waals surface area contributed by atoms with Crippen molar-refractivity contribution in [3.8, 4) is 0 Å². The van der Waals surface area contributed by atoms with E-state index < -0.39 is 16.4 Å². The maximum absolute atomic E-state index is 13.8. The zero-order valence-electron chi connectivity index (χ0n) is 19.5. The number of carbonyl (C=O) groups is 1. The SMILES string of the molecule is CC(=O)N1CCN(C2CCC(Nc3ncnc(N)c3C(=N)c3ccc(F)c([N+](=O)[O-])c3)CC2)CC1. The summed E-state index contributed by atoms with van der Waals surface area (Å²) >= 11 is 0. The number of anilines is 2. The van der Waals surface area contributed by atoms with Gasteiger partial charge in [-0.1, -0.05) is 0 Å². The van der Waals surface area contributed by atoms with Crippen LogP contribution < -0.4 is 11.1 Å². The Morgan fingerprint density at radius 3 is 2.51 bits per heavy atom. The van der Waals surface area contributed by atoms with Crippen LogP contribution in [0.2, 0.25) is 0 Å². The van der Waals surface area contributed by atoms with E-state index in [2.05, 4.69) is 20.2 Å². The number of aromatic nitrogens is 2. The van der Waals surface area contributed by atoms with Crippen LogP contribution in [0.15, 0.2) is 24.5 Å². The smallest absolute Gasteiger partial charge is 0.305 e. The van der Waals surface area contributed by atoms with E-state index in [1.165, 1.54) is 12.4 Å². The normalized spacial score (nSPS) is 20.9. The Morgan fingerprint density at radius 2 is 1.89 bits per heavy atom. The quantitative estimate of drug-likeness (QED) is 0.321. The molecule has 11 nitrogen and oxygen atoms in total. The second-order valence-corrected chi connectivity index (χ2v) is 8.97. The number of piperazine rings is 1. The molecule has 2 aromatic rings. The minimum Gasteiger partial charge on any atom is -0.383 e. The third-order valence-electron chi connectivity index (χ3n) is 6.87. The van der Waals surface area contributed by atoms with Crippen molar-refractivity contribution in [2.24, 2.45) is 0 Å². The monoisotopic (exact) mass is 484 g/mol. The average molecular weight is 485 g/mol. The molecule has 0 spiro atoms. The Bertz CT molecular complexity index is 1130. The van der Waals surface area contributed by atoms with Gasteiger partial charge in [-0.15, -0.1) is 0 Å². The van der Waals surface area contributed by atoms with Crippen LogP contribution in [0.4, 0.5) is 21.7 Å². The molecule has 35 heavy (non-hydrogen) atoms. The van der Waals surface area contributed by atoms with Crippen molar-refractivity contribution in [3.63, 3.8) is 0 Å². The molecule has 4 rings (SSSR count). The van der Waals surface area contributed by atoms with E-state index in [0.29, 0.717) is 11.9 Å². The molecule has 0 radical (unpaired) electrons. The van der Waals surface area contributed by atoms with Gasteiger partial charge in [-0.05, 0) is 37.8 Å². The fourth-order valence-electron chi connectivity index (χ4n) is 4.89. The number of nitro benzene ring substituents is 1. The Balaban J connectivity index is 1.43. The summed E-state index contributed by atoms with van der Waals surface area (Å²) < 4.78 is 13.8. The van der Waals surface area contributed by atoms with Gasteiger partial charge < -0.3 is 16.0 Å². The van der Waals surface area contributed by atoms with E-state index in [4.69, 9.17) is 11.1 Å². The van der Waals surface area contributed by atoms with Gasteiger partial charge in [0.15, 0.2) is 0 Å². The molecular weight excluding hydrogens is 455 g/mol. The third-order valence-corrected chi connectivity index (χ3v) is 6.87. The van der Waals surface area contributed by atoms with Gasteiger partial charge in [0, 0.05) is 56.8 Å². The Labute approximate surface area is 202 Å². The van der Waals surface area contributed by atoms with Gasteiger partial charge in [0.2, 0.25) is 11.7 Å². The molecule has 0 bridgehead atoms. The number of carbonyl (C=O) groups excluding carboxylic acids is 1. The van der Waals surface area contributed by atoms with Gasteiger partial charge in [0.25, 0.3) is 0 Å². The van der Waals surface area contributed by atoms with Crippen LogP contribution in [0.3, 0.4) is 0 Å². The van der Waals surface area contributed by atoms with Crippen molar-refractivity contribution in [1.82, 2.24) is 19.8 Å². The number of nitro groups is 1. The van der Waals surface area contributed by atoms with Crippen LogP contribution >= 0.6 is 0 Å². The summed E-state index contributed by atoms with van der Waals surface area (Å²) in [4.78, 5) is 34.5. The van der Waals surface area contributed by atoms with E-state index in [1.807, 2.05) is 4.90 Å². The molecule has 1 amide bonds. The number of rotatable bonds is 6. The first-order valence-electron chi connectivity index (χ1n) is 11.6. The third kappa shape index (κ3) is 5.37. The average Bonchev–Trinajstić information content (AvgIpc) is 2.84. The topological polar surface area (TPSA) is 154 Å². The maximum Gasteiger partial charge on any atom is 0.305 e. The summed E-state index contributed by atoms with van der Waals surface area (Å²) in [7, 11) is 0. The van der Waals surface area contributed by atoms with Crippen molar-refractivity contribution in [1.29, 1.82) is 5.41 Å². The molecule has 0 atom stereocenters. The van der Waals surface area contributed by atoms with E-state index in [-0.39, 0.29) is 34.6 Å². The Hall–Kier alpha value is -3.67. The number of hydrogen-bond acceptors (Lipinski definition) is 9. The number of halogens is 1. The molecule has 2 aliphatic rings. The van der Waals surface area contributed by atoms with Crippen molar-refractivity contribution in [2.75, 3.05) is 37.2 Å². The molecule has 2 heterocycles. The number of amides is 1.